The lowest BCUT2D eigenvalue weighted by Crippen LogP contribution is -2.29. The van der Waals surface area contributed by atoms with Gasteiger partial charge in [-0.15, -0.1) is 0 Å². The minimum Gasteiger partial charge on any atom is -0.363 e. The second-order valence-electron chi connectivity index (χ2n) is 6.23. The van der Waals surface area contributed by atoms with Gasteiger partial charge in [0.15, 0.2) is 0 Å². The van der Waals surface area contributed by atoms with Crippen LogP contribution in [0.1, 0.15) is 23.2 Å². The molecule has 2 heterocycles. The SMILES string of the molecule is O=S(=O)(Nc1ccc(C(F)(F)F)c(Cl)n1)c1c[nH]c2c1CCC(C(F)(F)F)C2. The number of nitrogens with zero attached hydrogens (tertiary/aromatic N) is 1. The van der Waals surface area contributed by atoms with E-state index in [9.17, 15) is 34.8 Å². The molecule has 0 fully saturated rings. The van der Waals surface area contributed by atoms with Crippen LogP contribution in [0, 0.1) is 5.92 Å². The zero-order valence-corrected chi connectivity index (χ0v) is 15.3. The monoisotopic (exact) mass is 447 g/mol. The maximum absolute atomic E-state index is 12.9. The van der Waals surface area contributed by atoms with Gasteiger partial charge in [-0.3, -0.25) is 4.72 Å². The Labute approximate surface area is 160 Å². The maximum Gasteiger partial charge on any atom is 0.419 e. The van der Waals surface area contributed by atoms with Crippen LogP contribution in [0.25, 0.3) is 0 Å². The molecule has 2 aromatic heterocycles. The standard InChI is InChI=1S/C15H12ClF6N3O2S/c16-13-9(15(20,21)22)3-4-12(24-13)25-28(26,27)11-6-23-10-5-7(14(17,18)19)1-2-8(10)11/h3-4,6-7,23H,1-2,5H2,(H,24,25). The van der Waals surface area contributed by atoms with Crippen LogP contribution in [0.5, 0.6) is 0 Å². The third kappa shape index (κ3) is 4.07. The quantitative estimate of drug-likeness (QED) is 0.535. The Morgan fingerprint density at radius 2 is 1.86 bits per heavy atom. The zero-order chi connectivity index (χ0) is 20.9. The number of fused-ring (bicyclic) bond motifs is 1. The summed E-state index contributed by atoms with van der Waals surface area (Å²) < 4.78 is 104. The van der Waals surface area contributed by atoms with Crippen molar-refractivity contribution in [2.24, 2.45) is 5.92 Å². The summed E-state index contributed by atoms with van der Waals surface area (Å²) in [6.07, 6.45) is -8.84. The van der Waals surface area contributed by atoms with Gasteiger partial charge in [-0.1, -0.05) is 11.6 Å². The second kappa shape index (κ2) is 6.83. The molecule has 0 aliphatic heterocycles. The molecule has 0 radical (unpaired) electrons. The van der Waals surface area contributed by atoms with Gasteiger partial charge in [-0.25, -0.2) is 13.4 Å². The average molecular weight is 448 g/mol. The molecule has 0 bridgehead atoms. The second-order valence-corrected chi connectivity index (χ2v) is 8.24. The molecule has 13 heteroatoms. The van der Waals surface area contributed by atoms with Crippen LogP contribution in [-0.4, -0.2) is 24.6 Å². The van der Waals surface area contributed by atoms with Gasteiger partial charge in [-0.2, -0.15) is 26.3 Å². The lowest BCUT2D eigenvalue weighted by molar-refractivity contribution is -0.177. The maximum atomic E-state index is 12.9. The van der Waals surface area contributed by atoms with Crippen LogP contribution in [0.3, 0.4) is 0 Å². The number of rotatable bonds is 3. The molecular formula is C15H12ClF6N3O2S. The van der Waals surface area contributed by atoms with E-state index in [1.165, 1.54) is 0 Å². The van der Waals surface area contributed by atoms with Crippen LogP contribution in [0.4, 0.5) is 32.2 Å². The molecule has 2 aromatic rings. The van der Waals surface area contributed by atoms with Gasteiger partial charge in [0.1, 0.15) is 15.9 Å². The summed E-state index contributed by atoms with van der Waals surface area (Å²) in [5.41, 5.74) is -0.854. The highest BCUT2D eigenvalue weighted by molar-refractivity contribution is 7.92. The van der Waals surface area contributed by atoms with Gasteiger partial charge >= 0.3 is 12.4 Å². The first-order valence-electron chi connectivity index (χ1n) is 7.81. The Morgan fingerprint density at radius 1 is 1.18 bits per heavy atom. The molecule has 0 spiro atoms. The van der Waals surface area contributed by atoms with Crippen LogP contribution >= 0.6 is 11.6 Å². The first-order chi connectivity index (χ1) is 12.8. The van der Waals surface area contributed by atoms with E-state index in [2.05, 4.69) is 9.97 Å². The van der Waals surface area contributed by atoms with Crippen LogP contribution in [0.15, 0.2) is 23.2 Å². The van der Waals surface area contributed by atoms with E-state index in [-0.39, 0.29) is 35.4 Å². The summed E-state index contributed by atoms with van der Waals surface area (Å²) in [6, 6.07) is 1.37. The Bertz CT molecular complexity index is 1000. The lowest BCUT2D eigenvalue weighted by Gasteiger charge is -2.25. The Kier molecular flexibility index (Phi) is 5.07. The van der Waals surface area contributed by atoms with E-state index in [0.717, 1.165) is 12.3 Å². The molecule has 2 N–H and O–H groups in total. The summed E-state index contributed by atoms with van der Waals surface area (Å²) in [6.45, 7) is 0. The fraction of sp³-hybridized carbons (Fsp3) is 0.400. The molecule has 0 aromatic carbocycles. The minimum atomic E-state index is -4.75. The van der Waals surface area contributed by atoms with Crippen LogP contribution < -0.4 is 4.72 Å². The highest BCUT2D eigenvalue weighted by atomic mass is 35.5. The summed E-state index contributed by atoms with van der Waals surface area (Å²) in [4.78, 5) is 5.66. The minimum absolute atomic E-state index is 0.111. The number of halogens is 7. The third-order valence-electron chi connectivity index (χ3n) is 4.38. The van der Waals surface area contributed by atoms with Crippen LogP contribution in [-0.2, 0) is 29.0 Å². The Balaban J connectivity index is 1.86. The Hall–Kier alpha value is -1.95. The first kappa shape index (κ1) is 20.8. The van der Waals surface area contributed by atoms with Crippen molar-refractivity contribution in [1.29, 1.82) is 0 Å². The molecule has 1 aliphatic carbocycles. The fourth-order valence-corrected chi connectivity index (χ4v) is 4.54. The van der Waals surface area contributed by atoms with Gasteiger partial charge in [-0.05, 0) is 37.0 Å². The fourth-order valence-electron chi connectivity index (χ4n) is 3.01. The number of alkyl halides is 6. The van der Waals surface area contributed by atoms with E-state index in [0.29, 0.717) is 6.07 Å². The number of H-pyrrole nitrogens is 1. The van der Waals surface area contributed by atoms with Gasteiger partial charge in [0, 0.05) is 11.9 Å². The molecule has 1 aliphatic rings. The number of pyridine rings is 1. The van der Waals surface area contributed by atoms with Crippen molar-refractivity contribution >= 4 is 27.4 Å². The topological polar surface area (TPSA) is 74.8 Å². The van der Waals surface area contributed by atoms with Crippen molar-refractivity contribution in [3.8, 4) is 0 Å². The van der Waals surface area contributed by atoms with E-state index in [1.54, 1.807) is 0 Å². The van der Waals surface area contributed by atoms with E-state index in [1.807, 2.05) is 4.72 Å². The number of aromatic amines is 1. The van der Waals surface area contributed by atoms with Crippen molar-refractivity contribution in [3.63, 3.8) is 0 Å². The molecule has 1 unspecified atom stereocenters. The zero-order valence-electron chi connectivity index (χ0n) is 13.7. The normalized spacial score (nSPS) is 18.0. The number of sulfonamides is 1. The van der Waals surface area contributed by atoms with Crippen molar-refractivity contribution < 1.29 is 34.8 Å². The smallest absolute Gasteiger partial charge is 0.363 e. The van der Waals surface area contributed by atoms with E-state index < -0.39 is 44.8 Å². The van der Waals surface area contributed by atoms with Crippen LogP contribution in [0.2, 0.25) is 5.15 Å². The van der Waals surface area contributed by atoms with Gasteiger partial charge in [0.05, 0.1) is 11.5 Å². The van der Waals surface area contributed by atoms with Crippen molar-refractivity contribution in [1.82, 2.24) is 9.97 Å². The van der Waals surface area contributed by atoms with Gasteiger partial charge < -0.3 is 4.98 Å². The molecule has 154 valence electrons. The molecule has 3 rings (SSSR count). The summed E-state index contributed by atoms with van der Waals surface area (Å²) >= 11 is 5.46. The molecular weight excluding hydrogens is 436 g/mol. The lowest BCUT2D eigenvalue weighted by atomic mass is 9.87. The number of anilines is 1. The largest absolute Gasteiger partial charge is 0.419 e. The number of aromatic nitrogens is 2. The third-order valence-corrected chi connectivity index (χ3v) is 6.09. The van der Waals surface area contributed by atoms with Crippen molar-refractivity contribution in [3.05, 3.63) is 40.3 Å². The number of hydrogen-bond acceptors (Lipinski definition) is 3. The van der Waals surface area contributed by atoms with Gasteiger partial charge in [0.2, 0.25) is 0 Å². The predicted octanol–water partition coefficient (Wildman–Crippen LogP) is 4.55. The molecule has 5 nitrogen and oxygen atoms in total. The summed E-state index contributed by atoms with van der Waals surface area (Å²) in [5.74, 6) is -2.02. The highest BCUT2D eigenvalue weighted by Gasteiger charge is 2.42. The molecule has 0 saturated carbocycles. The molecule has 0 amide bonds. The average Bonchev–Trinajstić information content (AvgIpc) is 2.96. The first-order valence-corrected chi connectivity index (χ1v) is 9.67. The van der Waals surface area contributed by atoms with E-state index in [4.69, 9.17) is 11.6 Å². The summed E-state index contributed by atoms with van der Waals surface area (Å²) in [7, 11) is -4.29. The summed E-state index contributed by atoms with van der Waals surface area (Å²) in [5, 5.41) is -0.934. The molecule has 28 heavy (non-hydrogen) atoms. The van der Waals surface area contributed by atoms with Gasteiger partial charge in [0.25, 0.3) is 10.0 Å². The number of nitrogens with one attached hydrogen (secondary N) is 2. The molecule has 0 saturated heterocycles. The Morgan fingerprint density at radius 3 is 2.43 bits per heavy atom. The van der Waals surface area contributed by atoms with E-state index >= 15 is 0 Å². The highest BCUT2D eigenvalue weighted by Crippen LogP contribution is 2.39. The number of hydrogen-bond donors (Lipinski definition) is 2. The van der Waals surface area contributed by atoms with Crippen molar-refractivity contribution in [2.75, 3.05) is 4.72 Å². The predicted molar refractivity (Wildman–Crippen MR) is 87.4 cm³/mol. The molecule has 1 atom stereocenters. The van der Waals surface area contributed by atoms with Crippen molar-refractivity contribution in [2.45, 2.75) is 36.5 Å².